The maximum absolute atomic E-state index is 12.6. The summed E-state index contributed by atoms with van der Waals surface area (Å²) < 4.78 is 1.64. The van der Waals surface area contributed by atoms with Gasteiger partial charge in [0, 0.05) is 18.1 Å². The van der Waals surface area contributed by atoms with Crippen LogP contribution in [-0.4, -0.2) is 36.7 Å². The molecule has 0 unspecified atom stereocenters. The molecule has 3 aromatic rings. The van der Waals surface area contributed by atoms with E-state index in [0.29, 0.717) is 33.1 Å². The van der Waals surface area contributed by atoms with Gasteiger partial charge in [0.1, 0.15) is 0 Å². The van der Waals surface area contributed by atoms with Crippen molar-refractivity contribution in [1.82, 2.24) is 19.7 Å². The molecular weight excluding hydrogens is 330 g/mol. The number of carbonyl (C=O) groups is 2. The molecule has 0 bridgehead atoms. The van der Waals surface area contributed by atoms with E-state index < -0.39 is 5.97 Å². The van der Waals surface area contributed by atoms with E-state index in [0.717, 1.165) is 5.69 Å². The molecule has 9 heteroatoms. The van der Waals surface area contributed by atoms with Gasteiger partial charge in [-0.2, -0.15) is 5.10 Å². The van der Waals surface area contributed by atoms with Crippen LogP contribution in [0.1, 0.15) is 27.4 Å². The van der Waals surface area contributed by atoms with Gasteiger partial charge in [-0.25, -0.2) is 9.97 Å². The smallest absolute Gasteiger partial charge is 0.309 e. The van der Waals surface area contributed by atoms with Crippen molar-refractivity contribution in [3.05, 3.63) is 34.1 Å². The number of aliphatic carboxylic acids is 1. The fourth-order valence-corrected chi connectivity index (χ4v) is 3.22. The van der Waals surface area contributed by atoms with Crippen LogP contribution in [0.15, 0.2) is 11.4 Å². The summed E-state index contributed by atoms with van der Waals surface area (Å²) in [7, 11) is 1.78. The standard InChI is InChI=1S/C15H15N5O3S/c1-7-4-10(12-8(2)19-20(3)13(12)16-7)14(23)18-15-17-9(6-24-15)5-11(21)22/h4,6H,5H2,1-3H3,(H,21,22)(H,17,18,23). The molecule has 3 aromatic heterocycles. The van der Waals surface area contributed by atoms with Crippen LogP contribution >= 0.6 is 11.3 Å². The van der Waals surface area contributed by atoms with Crippen LogP contribution in [0.25, 0.3) is 11.0 Å². The first-order valence-corrected chi connectivity index (χ1v) is 8.01. The Morgan fingerprint density at radius 2 is 2.08 bits per heavy atom. The molecule has 0 fully saturated rings. The minimum Gasteiger partial charge on any atom is -0.481 e. The molecule has 0 aromatic carbocycles. The Bertz CT molecular complexity index is 960. The van der Waals surface area contributed by atoms with E-state index in [1.165, 1.54) is 11.3 Å². The van der Waals surface area contributed by atoms with E-state index in [1.54, 1.807) is 23.2 Å². The molecule has 3 heterocycles. The number of hydrogen-bond acceptors (Lipinski definition) is 6. The summed E-state index contributed by atoms with van der Waals surface area (Å²) in [4.78, 5) is 31.9. The van der Waals surface area contributed by atoms with Crippen LogP contribution in [0.2, 0.25) is 0 Å². The first-order valence-electron chi connectivity index (χ1n) is 7.13. The van der Waals surface area contributed by atoms with Gasteiger partial charge in [0.25, 0.3) is 5.91 Å². The van der Waals surface area contributed by atoms with Crippen LogP contribution in [0.5, 0.6) is 0 Å². The second-order valence-corrected chi connectivity index (χ2v) is 6.25. The monoisotopic (exact) mass is 345 g/mol. The molecule has 24 heavy (non-hydrogen) atoms. The molecule has 0 aliphatic carbocycles. The third-order valence-electron chi connectivity index (χ3n) is 3.45. The molecule has 0 aliphatic rings. The number of carboxylic acid groups (broad SMARTS) is 1. The van der Waals surface area contributed by atoms with E-state index in [2.05, 4.69) is 20.4 Å². The Morgan fingerprint density at radius 3 is 2.79 bits per heavy atom. The lowest BCUT2D eigenvalue weighted by Gasteiger charge is -2.05. The lowest BCUT2D eigenvalue weighted by atomic mass is 10.1. The van der Waals surface area contributed by atoms with Crippen molar-refractivity contribution in [3.8, 4) is 0 Å². The summed E-state index contributed by atoms with van der Waals surface area (Å²) in [6.45, 7) is 3.64. The molecule has 0 spiro atoms. The first kappa shape index (κ1) is 16.1. The van der Waals surface area contributed by atoms with Crippen LogP contribution in [0.4, 0.5) is 5.13 Å². The summed E-state index contributed by atoms with van der Waals surface area (Å²) in [5.41, 5.74) is 2.95. The van der Waals surface area contributed by atoms with E-state index >= 15 is 0 Å². The third-order valence-corrected chi connectivity index (χ3v) is 4.25. The van der Waals surface area contributed by atoms with E-state index in [-0.39, 0.29) is 12.3 Å². The van der Waals surface area contributed by atoms with E-state index in [4.69, 9.17) is 5.11 Å². The fraction of sp³-hybridized carbons (Fsp3) is 0.267. The minimum absolute atomic E-state index is 0.174. The zero-order valence-electron chi connectivity index (χ0n) is 13.3. The average Bonchev–Trinajstić information content (AvgIpc) is 3.02. The van der Waals surface area contributed by atoms with Crippen molar-refractivity contribution >= 4 is 39.4 Å². The topological polar surface area (TPSA) is 110 Å². The number of rotatable bonds is 4. The van der Waals surface area contributed by atoms with Gasteiger partial charge >= 0.3 is 5.97 Å². The number of carboxylic acids is 1. The highest BCUT2D eigenvalue weighted by Crippen LogP contribution is 2.23. The van der Waals surface area contributed by atoms with Crippen molar-refractivity contribution in [2.75, 3.05) is 5.32 Å². The lowest BCUT2D eigenvalue weighted by Crippen LogP contribution is -2.13. The fourth-order valence-electron chi connectivity index (χ4n) is 2.51. The number of pyridine rings is 1. The van der Waals surface area contributed by atoms with Crippen LogP contribution in [0, 0.1) is 13.8 Å². The number of thiazole rings is 1. The van der Waals surface area contributed by atoms with Gasteiger partial charge < -0.3 is 5.11 Å². The number of nitrogens with zero attached hydrogens (tertiary/aromatic N) is 4. The largest absolute Gasteiger partial charge is 0.481 e. The lowest BCUT2D eigenvalue weighted by molar-refractivity contribution is -0.136. The van der Waals surface area contributed by atoms with Crippen molar-refractivity contribution in [2.45, 2.75) is 20.3 Å². The van der Waals surface area contributed by atoms with Gasteiger partial charge in [-0.05, 0) is 19.9 Å². The quantitative estimate of drug-likeness (QED) is 0.747. The van der Waals surface area contributed by atoms with Crippen molar-refractivity contribution in [1.29, 1.82) is 0 Å². The van der Waals surface area contributed by atoms with Crippen LogP contribution in [0.3, 0.4) is 0 Å². The molecular formula is C15H15N5O3S. The highest BCUT2D eigenvalue weighted by atomic mass is 32.1. The maximum Gasteiger partial charge on any atom is 0.309 e. The number of hydrogen-bond donors (Lipinski definition) is 2. The highest BCUT2D eigenvalue weighted by molar-refractivity contribution is 7.14. The summed E-state index contributed by atoms with van der Waals surface area (Å²) in [5.74, 6) is -1.28. The molecule has 0 saturated heterocycles. The SMILES string of the molecule is Cc1cc(C(=O)Nc2nc(CC(=O)O)cs2)c2c(C)nn(C)c2n1. The predicted octanol–water partition coefficient (Wildman–Crippen LogP) is 1.92. The molecule has 8 nitrogen and oxygen atoms in total. The molecule has 1 amide bonds. The van der Waals surface area contributed by atoms with Gasteiger partial charge in [-0.3, -0.25) is 19.6 Å². The molecule has 3 rings (SSSR count). The number of anilines is 1. The molecule has 0 saturated carbocycles. The van der Waals surface area contributed by atoms with Gasteiger partial charge in [-0.15, -0.1) is 11.3 Å². The summed E-state index contributed by atoms with van der Waals surface area (Å²) in [5, 5.41) is 18.5. The molecule has 0 radical (unpaired) electrons. The number of aryl methyl sites for hydroxylation is 3. The van der Waals surface area contributed by atoms with Crippen LogP contribution < -0.4 is 5.32 Å². The summed E-state index contributed by atoms with van der Waals surface area (Å²) >= 11 is 1.19. The molecule has 124 valence electrons. The van der Waals surface area contributed by atoms with Crippen molar-refractivity contribution in [2.24, 2.45) is 7.05 Å². The number of amides is 1. The third kappa shape index (κ3) is 2.98. The summed E-state index contributed by atoms with van der Waals surface area (Å²) in [6, 6.07) is 1.71. The number of nitrogens with one attached hydrogen (secondary N) is 1. The number of carbonyl (C=O) groups excluding carboxylic acids is 1. The van der Waals surface area contributed by atoms with E-state index in [1.807, 2.05) is 13.8 Å². The second-order valence-electron chi connectivity index (χ2n) is 5.39. The van der Waals surface area contributed by atoms with Crippen molar-refractivity contribution < 1.29 is 14.7 Å². The zero-order valence-corrected chi connectivity index (χ0v) is 14.1. The normalized spacial score (nSPS) is 11.0. The highest BCUT2D eigenvalue weighted by Gasteiger charge is 2.19. The first-order chi connectivity index (χ1) is 11.3. The van der Waals surface area contributed by atoms with E-state index in [9.17, 15) is 9.59 Å². The molecule has 2 N–H and O–H groups in total. The van der Waals surface area contributed by atoms with Gasteiger partial charge in [-0.1, -0.05) is 0 Å². The van der Waals surface area contributed by atoms with Crippen LogP contribution in [-0.2, 0) is 18.3 Å². The Kier molecular flexibility index (Phi) is 4.02. The Labute approximate surface area is 141 Å². The molecule has 0 atom stereocenters. The number of fused-ring (bicyclic) bond motifs is 1. The average molecular weight is 345 g/mol. The Morgan fingerprint density at radius 1 is 1.33 bits per heavy atom. The van der Waals surface area contributed by atoms with Crippen molar-refractivity contribution in [3.63, 3.8) is 0 Å². The second kappa shape index (κ2) is 6.00. The van der Waals surface area contributed by atoms with Gasteiger partial charge in [0.2, 0.25) is 0 Å². The zero-order chi connectivity index (χ0) is 17.4. The Balaban J connectivity index is 1.94. The predicted molar refractivity (Wildman–Crippen MR) is 89.4 cm³/mol. The van der Waals surface area contributed by atoms with Gasteiger partial charge in [0.15, 0.2) is 10.8 Å². The summed E-state index contributed by atoms with van der Waals surface area (Å²) in [6.07, 6.45) is -0.174. The molecule has 0 aliphatic heterocycles. The maximum atomic E-state index is 12.6. The Hall–Kier alpha value is -2.81. The number of aromatic nitrogens is 4. The van der Waals surface area contributed by atoms with Gasteiger partial charge in [0.05, 0.1) is 28.8 Å². The minimum atomic E-state index is -0.962.